The van der Waals surface area contributed by atoms with Gasteiger partial charge in [0.2, 0.25) is 23.5 Å². The lowest BCUT2D eigenvalue weighted by molar-refractivity contribution is -0.138. The number of ether oxygens (including phenoxy) is 5. The van der Waals surface area contributed by atoms with Crippen LogP contribution < -0.4 is 34.3 Å². The first kappa shape index (κ1) is 48.4. The third kappa shape index (κ3) is 14.2. The van der Waals surface area contributed by atoms with Crippen LogP contribution in [0.3, 0.4) is 0 Å². The minimum Gasteiger partial charge on any atom is -0.493 e. The topological polar surface area (TPSA) is 180 Å². The molecule has 2 atom stereocenters. The number of methoxy groups -OCH3 is 1. The molecule has 1 unspecified atom stereocenters. The second kappa shape index (κ2) is 22.0. The van der Waals surface area contributed by atoms with Crippen LogP contribution >= 0.6 is 11.9 Å². The molecule has 2 aliphatic heterocycles. The summed E-state index contributed by atoms with van der Waals surface area (Å²) in [6.07, 6.45) is 4.25. The molecule has 2 aromatic carbocycles. The number of nitrogens with one attached hydrogen (secondary N) is 3. The molecule has 4 amide bonds. The van der Waals surface area contributed by atoms with Crippen LogP contribution in [0, 0.1) is 11.3 Å². The van der Waals surface area contributed by atoms with E-state index in [9.17, 15) is 19.2 Å². The Morgan fingerprint density at radius 3 is 2.44 bits per heavy atom. The summed E-state index contributed by atoms with van der Waals surface area (Å²) >= 11 is 1.37. The van der Waals surface area contributed by atoms with Crippen LogP contribution in [0.15, 0.2) is 49.1 Å². The number of hydrogen-bond donors (Lipinski definition) is 3. The van der Waals surface area contributed by atoms with Crippen molar-refractivity contribution in [3.05, 3.63) is 49.1 Å². The van der Waals surface area contributed by atoms with Crippen molar-refractivity contribution in [2.45, 2.75) is 118 Å². The number of benzene rings is 2. The maximum atomic E-state index is 13.2. The fraction of sp³-hybridized carbons (Fsp3) is 0.556. The van der Waals surface area contributed by atoms with E-state index in [-0.39, 0.29) is 32.1 Å². The van der Waals surface area contributed by atoms with E-state index in [1.807, 2.05) is 77.9 Å². The van der Waals surface area contributed by atoms with Crippen molar-refractivity contribution in [1.82, 2.24) is 30.2 Å². The molecule has 15 nitrogen and oxygen atoms in total. The predicted molar refractivity (Wildman–Crippen MR) is 238 cm³/mol. The quantitative estimate of drug-likeness (QED) is 0.0950. The summed E-state index contributed by atoms with van der Waals surface area (Å²) in [5.41, 5.74) is 1.80. The van der Waals surface area contributed by atoms with Crippen molar-refractivity contribution in [3.63, 3.8) is 0 Å². The molecule has 3 aromatic rings. The Morgan fingerprint density at radius 2 is 1.77 bits per heavy atom. The number of aromatic nitrogens is 2. The Labute approximate surface area is 364 Å². The molecule has 3 aliphatic rings. The highest BCUT2D eigenvalue weighted by Gasteiger charge is 2.37. The van der Waals surface area contributed by atoms with Gasteiger partial charge in [0.15, 0.2) is 11.5 Å². The smallest absolute Gasteiger partial charge is 0.407 e. The maximum Gasteiger partial charge on any atom is 0.407 e. The number of hydrogen-bond acceptors (Lipinski definition) is 12. The third-order valence-electron chi connectivity index (χ3n) is 9.10. The SMILES string of the molecule is C=CC[C@@H](NC(=O)C1CCCN1C(=O)CNC(=O)OCC(C)(C)COc1cccc(-c2nc3ccc4c(c3nc2OC)OC(C)(C)O4)c1)C(=O)NSC1CC1.CC.CC(C)C. The largest absolute Gasteiger partial charge is 0.493 e. The number of amides is 4. The molecule has 1 saturated carbocycles. The molecule has 3 heterocycles. The number of rotatable bonds is 16. The van der Waals surface area contributed by atoms with Gasteiger partial charge < -0.3 is 39.2 Å². The molecule has 1 aromatic heterocycles. The lowest BCUT2D eigenvalue weighted by Crippen LogP contribution is -2.53. The first-order valence-corrected chi connectivity index (χ1v) is 21.9. The molecule has 0 bridgehead atoms. The van der Waals surface area contributed by atoms with Gasteiger partial charge in [0.05, 0.1) is 19.2 Å². The van der Waals surface area contributed by atoms with Crippen LogP contribution in [0.4, 0.5) is 4.79 Å². The van der Waals surface area contributed by atoms with E-state index < -0.39 is 41.2 Å². The van der Waals surface area contributed by atoms with E-state index in [1.54, 1.807) is 6.08 Å². The summed E-state index contributed by atoms with van der Waals surface area (Å²) in [4.78, 5) is 62.5. The first-order valence-electron chi connectivity index (χ1n) is 21.1. The number of alkyl carbamates (subject to hydrolysis) is 1. The van der Waals surface area contributed by atoms with E-state index in [1.165, 1.54) is 24.0 Å². The molecule has 6 rings (SSSR count). The fourth-order valence-corrected chi connectivity index (χ4v) is 6.92. The van der Waals surface area contributed by atoms with Crippen molar-refractivity contribution >= 4 is 46.8 Å². The summed E-state index contributed by atoms with van der Waals surface area (Å²) in [6, 6.07) is 9.46. The Balaban J connectivity index is 0.00000129. The fourth-order valence-electron chi connectivity index (χ4n) is 6.12. The van der Waals surface area contributed by atoms with Gasteiger partial charge >= 0.3 is 6.09 Å². The van der Waals surface area contributed by atoms with Gasteiger partial charge in [-0.15, -0.1) is 6.58 Å². The van der Waals surface area contributed by atoms with E-state index in [0.717, 1.165) is 24.3 Å². The van der Waals surface area contributed by atoms with Gasteiger partial charge in [0.25, 0.3) is 5.91 Å². The first-order chi connectivity index (χ1) is 29.0. The second-order valence-electron chi connectivity index (χ2n) is 16.7. The van der Waals surface area contributed by atoms with E-state index >= 15 is 0 Å². The lowest BCUT2D eigenvalue weighted by atomic mass is 9.96. The highest BCUT2D eigenvalue weighted by atomic mass is 32.2. The molecule has 334 valence electrons. The second-order valence-corrected chi connectivity index (χ2v) is 17.8. The van der Waals surface area contributed by atoms with Gasteiger partial charge in [-0.25, -0.2) is 14.8 Å². The average Bonchev–Trinajstić information content (AvgIpc) is 3.82. The molecule has 2 fully saturated rings. The van der Waals surface area contributed by atoms with Gasteiger partial charge in [-0.3, -0.25) is 19.1 Å². The van der Waals surface area contributed by atoms with Crippen LogP contribution in [0.2, 0.25) is 0 Å². The zero-order chi connectivity index (χ0) is 44.9. The lowest BCUT2D eigenvalue weighted by Gasteiger charge is -2.26. The zero-order valence-electron chi connectivity index (χ0n) is 37.3. The van der Waals surface area contributed by atoms with E-state index in [4.69, 9.17) is 33.7 Å². The van der Waals surface area contributed by atoms with Gasteiger partial charge in [-0.2, -0.15) is 0 Å². The van der Waals surface area contributed by atoms with Gasteiger partial charge in [-0.05, 0) is 74.2 Å². The summed E-state index contributed by atoms with van der Waals surface area (Å²) in [6.45, 7) is 21.8. The van der Waals surface area contributed by atoms with Crippen LogP contribution in [0.1, 0.15) is 94.4 Å². The van der Waals surface area contributed by atoms with Crippen molar-refractivity contribution in [2.24, 2.45) is 11.3 Å². The highest BCUT2D eigenvalue weighted by molar-refractivity contribution is 7.98. The number of carbonyl (C=O) groups is 4. The maximum absolute atomic E-state index is 13.2. The summed E-state index contributed by atoms with van der Waals surface area (Å²) < 4.78 is 31.9. The van der Waals surface area contributed by atoms with E-state index in [0.29, 0.717) is 64.5 Å². The Kier molecular flexibility index (Phi) is 17.5. The molecular weight excluding hydrogens is 801 g/mol. The van der Waals surface area contributed by atoms with Crippen LogP contribution in [-0.4, -0.2) is 95.2 Å². The van der Waals surface area contributed by atoms with Crippen LogP contribution in [0.5, 0.6) is 23.1 Å². The van der Waals surface area contributed by atoms with Crippen molar-refractivity contribution in [3.8, 4) is 34.4 Å². The van der Waals surface area contributed by atoms with Crippen LogP contribution in [0.25, 0.3) is 22.3 Å². The van der Waals surface area contributed by atoms with Crippen molar-refractivity contribution in [1.29, 1.82) is 0 Å². The van der Waals surface area contributed by atoms with Crippen molar-refractivity contribution < 1.29 is 42.9 Å². The van der Waals surface area contributed by atoms with Gasteiger partial charge in [0.1, 0.15) is 42.2 Å². The third-order valence-corrected chi connectivity index (χ3v) is 10.2. The predicted octanol–water partition coefficient (Wildman–Crippen LogP) is 7.61. The molecule has 0 spiro atoms. The number of likely N-dealkylation sites (tertiary alicyclic amines) is 1. The highest BCUT2D eigenvalue weighted by Crippen LogP contribution is 2.44. The normalized spacial score (nSPS) is 16.6. The van der Waals surface area contributed by atoms with Crippen LogP contribution in [-0.2, 0) is 19.1 Å². The Morgan fingerprint density at radius 1 is 1.05 bits per heavy atom. The molecule has 1 aliphatic carbocycles. The summed E-state index contributed by atoms with van der Waals surface area (Å²) in [5, 5.41) is 5.69. The molecule has 16 heteroatoms. The zero-order valence-corrected chi connectivity index (χ0v) is 38.2. The minimum absolute atomic E-state index is 0.00410. The number of nitrogens with zero attached hydrogens (tertiary/aromatic N) is 3. The Bertz CT molecular complexity index is 2000. The van der Waals surface area contributed by atoms with E-state index in [2.05, 4.69) is 42.7 Å². The summed E-state index contributed by atoms with van der Waals surface area (Å²) in [5.74, 6) is 0.858. The van der Waals surface area contributed by atoms with Crippen molar-refractivity contribution in [2.75, 3.05) is 33.4 Å². The molecule has 61 heavy (non-hydrogen) atoms. The molecular formula is C45H64N6O9S. The minimum atomic E-state index is -0.817. The summed E-state index contributed by atoms with van der Waals surface area (Å²) in [7, 11) is 1.53. The standard InChI is InChI=1S/C39H48N6O9S.C4H10.C2H6/c1-7-10-27(34(47)44-55-25-14-15-25)42-35(48)28-13-9-18-45(28)30(46)20-40-37(49)52-22-38(2,3)21-51-24-12-8-11-23(19-24)31-36(50-6)43-32-26(41-31)16-17-29-33(32)54-39(4,5)53-29;1-4(2)3;1-2/h7-8,11-12,16-17,19,25,27-28H,1,9-10,13-15,18,20-22H2,2-6H3,(H,40,49)(H,42,48)(H,44,47);4H,1-3H3;1-2H3/t27-,28?;;/m1../s1. The molecule has 1 saturated heterocycles. The molecule has 0 radical (unpaired) electrons. The number of fused-ring (bicyclic) bond motifs is 3. The van der Waals surface area contributed by atoms with Gasteiger partial charge in [-0.1, -0.05) is 66.7 Å². The van der Waals surface area contributed by atoms with Gasteiger partial charge in [0, 0.05) is 36.6 Å². The Hall–Kier alpha value is -5.25. The monoisotopic (exact) mass is 864 g/mol. The average molecular weight is 865 g/mol. The number of carbonyl (C=O) groups excluding carboxylic acids is 4. The molecule has 3 N–H and O–H groups in total.